The predicted molar refractivity (Wildman–Crippen MR) is 81.2 cm³/mol. The second-order valence-electron chi connectivity index (χ2n) is 5.48. The first-order valence-electron chi connectivity index (χ1n) is 7.46. The average Bonchev–Trinajstić information content (AvgIpc) is 2.45. The van der Waals surface area contributed by atoms with Crippen LogP contribution in [-0.4, -0.2) is 38.4 Å². The van der Waals surface area contributed by atoms with E-state index in [-0.39, 0.29) is 10.9 Å². The zero-order valence-electron chi connectivity index (χ0n) is 12.6. The van der Waals surface area contributed by atoms with Gasteiger partial charge in [0, 0.05) is 12.6 Å². The monoisotopic (exact) mass is 314 g/mol. The van der Waals surface area contributed by atoms with Gasteiger partial charge in [-0.3, -0.25) is 0 Å². The van der Waals surface area contributed by atoms with Crippen molar-refractivity contribution < 1.29 is 12.8 Å². The number of hydrogen-bond donors (Lipinski definition) is 1. The number of halogens is 1. The van der Waals surface area contributed by atoms with Gasteiger partial charge in [0.15, 0.2) is 0 Å². The molecule has 1 aromatic carbocycles. The molecule has 0 aliphatic carbocycles. The fraction of sp³-hybridized carbons (Fsp3) is 0.600. The molecule has 118 valence electrons. The number of sulfonamides is 1. The Balaban J connectivity index is 2.42. The lowest BCUT2D eigenvalue weighted by atomic mass is 10.1. The average molecular weight is 314 g/mol. The molecule has 1 aliphatic heterocycles. The smallest absolute Gasteiger partial charge is 0.246 e. The van der Waals surface area contributed by atoms with Crippen molar-refractivity contribution in [2.24, 2.45) is 0 Å². The molecule has 1 saturated heterocycles. The van der Waals surface area contributed by atoms with Gasteiger partial charge in [-0.2, -0.15) is 4.31 Å². The summed E-state index contributed by atoms with van der Waals surface area (Å²) in [5, 5.41) is 3.23. The van der Waals surface area contributed by atoms with Gasteiger partial charge in [0.05, 0.1) is 0 Å². The number of nitrogens with zero attached hydrogens (tertiary/aromatic N) is 1. The van der Waals surface area contributed by atoms with E-state index >= 15 is 0 Å². The highest BCUT2D eigenvalue weighted by atomic mass is 32.2. The number of aryl methyl sites for hydroxylation is 1. The highest BCUT2D eigenvalue weighted by molar-refractivity contribution is 7.89. The summed E-state index contributed by atoms with van der Waals surface area (Å²) in [4.78, 5) is -0.169. The van der Waals surface area contributed by atoms with E-state index in [1.165, 1.54) is 10.4 Å². The van der Waals surface area contributed by atoms with Crippen LogP contribution in [0.4, 0.5) is 4.39 Å². The van der Waals surface area contributed by atoms with Gasteiger partial charge in [-0.15, -0.1) is 0 Å². The van der Waals surface area contributed by atoms with E-state index < -0.39 is 15.8 Å². The van der Waals surface area contributed by atoms with Crippen molar-refractivity contribution in [3.05, 3.63) is 29.6 Å². The van der Waals surface area contributed by atoms with Crippen LogP contribution in [0.3, 0.4) is 0 Å². The summed E-state index contributed by atoms with van der Waals surface area (Å²) >= 11 is 0. The fourth-order valence-corrected chi connectivity index (χ4v) is 4.92. The van der Waals surface area contributed by atoms with Crippen LogP contribution < -0.4 is 5.32 Å². The molecule has 0 aromatic heterocycles. The zero-order chi connectivity index (χ0) is 15.5. The topological polar surface area (TPSA) is 49.4 Å². The van der Waals surface area contributed by atoms with Gasteiger partial charge in [0.2, 0.25) is 10.0 Å². The minimum absolute atomic E-state index is 0.0461. The highest BCUT2D eigenvalue weighted by Gasteiger charge is 2.34. The van der Waals surface area contributed by atoms with Crippen LogP contribution in [0.1, 0.15) is 31.7 Å². The van der Waals surface area contributed by atoms with Crippen molar-refractivity contribution >= 4 is 10.0 Å². The SMILES string of the molecule is CCCN(C1CCNCC1)S(=O)(=O)c1c(C)cccc1F. The molecule has 0 atom stereocenters. The third-order valence-electron chi connectivity index (χ3n) is 3.89. The Morgan fingerprint density at radius 3 is 2.57 bits per heavy atom. The molecule has 4 nitrogen and oxygen atoms in total. The van der Waals surface area contributed by atoms with E-state index in [2.05, 4.69) is 5.32 Å². The Morgan fingerprint density at radius 1 is 1.33 bits per heavy atom. The Labute approximate surface area is 126 Å². The molecule has 0 unspecified atom stereocenters. The first kappa shape index (κ1) is 16.4. The highest BCUT2D eigenvalue weighted by Crippen LogP contribution is 2.27. The quantitative estimate of drug-likeness (QED) is 0.907. The lowest BCUT2D eigenvalue weighted by Crippen LogP contribution is -2.46. The molecule has 1 aromatic rings. The Hall–Kier alpha value is -0.980. The second-order valence-corrected chi connectivity index (χ2v) is 7.31. The molecule has 0 bridgehead atoms. The largest absolute Gasteiger partial charge is 0.317 e. The fourth-order valence-electron chi connectivity index (χ4n) is 2.87. The van der Waals surface area contributed by atoms with Crippen molar-refractivity contribution in [2.75, 3.05) is 19.6 Å². The maximum Gasteiger partial charge on any atom is 0.246 e. The van der Waals surface area contributed by atoms with E-state index in [1.54, 1.807) is 19.1 Å². The maximum absolute atomic E-state index is 14.1. The molecule has 0 radical (unpaired) electrons. The zero-order valence-corrected chi connectivity index (χ0v) is 13.4. The minimum atomic E-state index is -3.79. The minimum Gasteiger partial charge on any atom is -0.317 e. The van der Waals surface area contributed by atoms with Crippen LogP contribution in [0.25, 0.3) is 0 Å². The molecule has 2 rings (SSSR count). The summed E-state index contributed by atoms with van der Waals surface area (Å²) in [6.07, 6.45) is 2.26. The molecule has 1 N–H and O–H groups in total. The molecule has 0 saturated carbocycles. The van der Waals surface area contributed by atoms with Crippen LogP contribution in [0.5, 0.6) is 0 Å². The van der Waals surface area contributed by atoms with Gasteiger partial charge < -0.3 is 5.32 Å². The lowest BCUT2D eigenvalue weighted by Gasteiger charge is -2.34. The number of rotatable bonds is 5. The normalized spacial score (nSPS) is 17.3. The summed E-state index contributed by atoms with van der Waals surface area (Å²) in [6, 6.07) is 4.35. The molecule has 1 fully saturated rings. The molecular formula is C15H23FN2O2S. The van der Waals surface area contributed by atoms with E-state index in [9.17, 15) is 12.8 Å². The summed E-state index contributed by atoms with van der Waals surface area (Å²) in [6.45, 7) is 5.62. The molecule has 1 aliphatic rings. The number of hydrogen-bond acceptors (Lipinski definition) is 3. The third kappa shape index (κ3) is 3.44. The maximum atomic E-state index is 14.1. The van der Waals surface area contributed by atoms with E-state index in [4.69, 9.17) is 0 Å². The van der Waals surface area contributed by atoms with Crippen molar-refractivity contribution in [2.45, 2.75) is 44.0 Å². The van der Waals surface area contributed by atoms with Crippen molar-refractivity contribution in [3.8, 4) is 0 Å². The molecular weight excluding hydrogens is 291 g/mol. The molecule has 0 amide bonds. The Kier molecular flexibility index (Phi) is 5.35. The van der Waals surface area contributed by atoms with Crippen LogP contribution >= 0.6 is 0 Å². The lowest BCUT2D eigenvalue weighted by molar-refractivity contribution is 0.261. The van der Waals surface area contributed by atoms with Crippen molar-refractivity contribution in [1.82, 2.24) is 9.62 Å². The summed E-state index contributed by atoms with van der Waals surface area (Å²) in [5.41, 5.74) is 0.463. The molecule has 6 heteroatoms. The molecule has 21 heavy (non-hydrogen) atoms. The van der Waals surface area contributed by atoms with E-state index in [0.29, 0.717) is 12.1 Å². The number of nitrogens with one attached hydrogen (secondary N) is 1. The van der Waals surface area contributed by atoms with Crippen molar-refractivity contribution in [1.29, 1.82) is 0 Å². The van der Waals surface area contributed by atoms with E-state index in [0.717, 1.165) is 32.4 Å². The Bertz CT molecular complexity index is 563. The third-order valence-corrected chi connectivity index (χ3v) is 6.02. The molecule has 1 heterocycles. The first-order valence-corrected chi connectivity index (χ1v) is 8.90. The summed E-state index contributed by atoms with van der Waals surface area (Å²) in [5.74, 6) is -0.662. The van der Waals surface area contributed by atoms with Crippen LogP contribution in [0.15, 0.2) is 23.1 Å². The van der Waals surface area contributed by atoms with Crippen LogP contribution in [-0.2, 0) is 10.0 Å². The van der Waals surface area contributed by atoms with E-state index in [1.807, 2.05) is 6.92 Å². The predicted octanol–water partition coefficient (Wildman–Crippen LogP) is 2.29. The summed E-state index contributed by atoms with van der Waals surface area (Å²) in [7, 11) is -3.79. The van der Waals surface area contributed by atoms with Crippen LogP contribution in [0, 0.1) is 12.7 Å². The Morgan fingerprint density at radius 2 is 2.00 bits per heavy atom. The number of benzene rings is 1. The summed E-state index contributed by atoms with van der Waals surface area (Å²) < 4.78 is 41.5. The first-order chi connectivity index (χ1) is 9.98. The molecule has 0 spiro atoms. The van der Waals surface area contributed by atoms with Gasteiger partial charge in [-0.05, 0) is 50.9 Å². The number of piperidine rings is 1. The van der Waals surface area contributed by atoms with Gasteiger partial charge in [0.1, 0.15) is 10.7 Å². The van der Waals surface area contributed by atoms with Gasteiger partial charge in [0.25, 0.3) is 0 Å². The van der Waals surface area contributed by atoms with Gasteiger partial charge in [-0.25, -0.2) is 12.8 Å². The van der Waals surface area contributed by atoms with Gasteiger partial charge in [-0.1, -0.05) is 19.1 Å². The van der Waals surface area contributed by atoms with Crippen molar-refractivity contribution in [3.63, 3.8) is 0 Å². The van der Waals surface area contributed by atoms with Gasteiger partial charge >= 0.3 is 0 Å². The van der Waals surface area contributed by atoms with Crippen LogP contribution in [0.2, 0.25) is 0 Å². The standard InChI is InChI=1S/C15H23FN2O2S/c1-3-11-18(13-7-9-17-10-8-13)21(19,20)15-12(2)5-4-6-14(15)16/h4-6,13,17H,3,7-11H2,1-2H3. The second kappa shape index (κ2) is 6.85.